The van der Waals surface area contributed by atoms with Crippen molar-refractivity contribution in [1.29, 1.82) is 0 Å². The number of hydrogen-bond donors (Lipinski definition) is 2. The number of rotatable bonds is 7. The Kier molecular flexibility index (Phi) is 7.82. The second-order valence-electron chi connectivity index (χ2n) is 5.92. The highest BCUT2D eigenvalue weighted by atomic mass is 35.5. The predicted octanol–water partition coefficient (Wildman–Crippen LogP) is 3.02. The number of likely N-dealkylation sites (N-methyl/N-ethyl adjacent to an activating group) is 1. The van der Waals surface area contributed by atoms with Crippen LogP contribution < -0.4 is 10.6 Å². The van der Waals surface area contributed by atoms with Crippen LogP contribution in [0.4, 0.5) is 5.69 Å². The van der Waals surface area contributed by atoms with E-state index in [0.717, 1.165) is 0 Å². The van der Waals surface area contributed by atoms with Crippen LogP contribution in [0.25, 0.3) is 0 Å². The molecule has 0 heterocycles. The van der Waals surface area contributed by atoms with Gasteiger partial charge in [-0.05, 0) is 32.0 Å². The van der Waals surface area contributed by atoms with Gasteiger partial charge in [-0.3, -0.25) is 14.5 Å². The lowest BCUT2D eigenvalue weighted by Gasteiger charge is -2.20. The molecule has 1 rings (SSSR count). The van der Waals surface area contributed by atoms with Crippen molar-refractivity contribution in [2.24, 2.45) is 5.92 Å². The number of nitrogens with one attached hydrogen (secondary N) is 2. The summed E-state index contributed by atoms with van der Waals surface area (Å²) in [6.07, 6.45) is 0. The zero-order chi connectivity index (χ0) is 17.6. The number of nitrogens with zero attached hydrogens (tertiary/aromatic N) is 1. The van der Waals surface area contributed by atoms with Crippen molar-refractivity contribution in [2.75, 3.05) is 25.5 Å². The summed E-state index contributed by atoms with van der Waals surface area (Å²) in [5, 5.41) is 6.31. The number of benzene rings is 1. The molecular weight excluding hydrogens is 337 g/mol. The Labute approximate surface area is 147 Å². The maximum absolute atomic E-state index is 12.0. The summed E-state index contributed by atoms with van der Waals surface area (Å²) in [4.78, 5) is 25.6. The molecule has 0 bridgehead atoms. The van der Waals surface area contributed by atoms with E-state index in [4.69, 9.17) is 23.2 Å². The lowest BCUT2D eigenvalue weighted by atomic mass is 10.1. The van der Waals surface area contributed by atoms with Gasteiger partial charge in [-0.2, -0.15) is 0 Å². The predicted molar refractivity (Wildman–Crippen MR) is 95.0 cm³/mol. The van der Waals surface area contributed by atoms with Gasteiger partial charge in [0.05, 0.1) is 28.8 Å². The first-order valence-corrected chi connectivity index (χ1v) is 8.18. The Hall–Kier alpha value is -1.30. The minimum Gasteiger partial charge on any atom is -0.352 e. The van der Waals surface area contributed by atoms with Gasteiger partial charge in [0.1, 0.15) is 0 Å². The summed E-state index contributed by atoms with van der Waals surface area (Å²) in [6.45, 7) is 6.23. The third kappa shape index (κ3) is 6.77. The average molecular weight is 360 g/mol. The molecule has 2 N–H and O–H groups in total. The zero-order valence-electron chi connectivity index (χ0n) is 13.8. The van der Waals surface area contributed by atoms with Crippen molar-refractivity contribution in [3.05, 3.63) is 28.2 Å². The molecule has 1 aromatic rings. The van der Waals surface area contributed by atoms with Crippen molar-refractivity contribution in [3.63, 3.8) is 0 Å². The largest absolute Gasteiger partial charge is 0.352 e. The van der Waals surface area contributed by atoms with Crippen LogP contribution in [0, 0.1) is 5.92 Å². The highest BCUT2D eigenvalue weighted by molar-refractivity contribution is 6.39. The van der Waals surface area contributed by atoms with Crippen LogP contribution in [0.1, 0.15) is 20.8 Å². The maximum atomic E-state index is 12.0. The first-order valence-electron chi connectivity index (χ1n) is 7.42. The van der Waals surface area contributed by atoms with Gasteiger partial charge in [-0.1, -0.05) is 43.1 Å². The lowest BCUT2D eigenvalue weighted by molar-refractivity contribution is -0.123. The molecule has 0 saturated carbocycles. The molecular formula is C16H23Cl2N3O2. The molecule has 0 fully saturated rings. The zero-order valence-corrected chi connectivity index (χ0v) is 15.3. The standard InChI is InChI=1S/C16H23Cl2N3O2/c1-10(2)11(3)19-14(22)8-21(4)9-15(23)20-16-12(17)6-5-7-13(16)18/h5-7,10-11H,8-9H2,1-4H3,(H,19,22)(H,20,23)/t11-/m0/s1. The molecule has 0 spiro atoms. The van der Waals surface area contributed by atoms with Crippen LogP contribution in [0.2, 0.25) is 10.0 Å². The molecule has 0 radical (unpaired) electrons. The number of carbonyl (C=O) groups excluding carboxylic acids is 2. The van der Waals surface area contributed by atoms with E-state index in [1.165, 1.54) is 0 Å². The number of hydrogen-bond acceptors (Lipinski definition) is 3. The quantitative estimate of drug-likeness (QED) is 0.786. The van der Waals surface area contributed by atoms with Crippen LogP contribution in [-0.4, -0.2) is 42.9 Å². The summed E-state index contributed by atoms with van der Waals surface area (Å²) in [5.74, 6) is -0.0422. The van der Waals surface area contributed by atoms with E-state index in [1.54, 1.807) is 30.1 Å². The van der Waals surface area contributed by atoms with E-state index in [-0.39, 0.29) is 30.9 Å². The smallest absolute Gasteiger partial charge is 0.238 e. The summed E-state index contributed by atoms with van der Waals surface area (Å²) in [7, 11) is 1.70. The fourth-order valence-corrected chi connectivity index (χ4v) is 2.30. The summed E-state index contributed by atoms with van der Waals surface area (Å²) < 4.78 is 0. The minimum absolute atomic E-state index is 0.0605. The van der Waals surface area contributed by atoms with E-state index < -0.39 is 0 Å². The van der Waals surface area contributed by atoms with E-state index in [1.807, 2.05) is 20.8 Å². The SMILES string of the molecule is CC(C)[C@H](C)NC(=O)CN(C)CC(=O)Nc1c(Cl)cccc1Cl. The molecule has 128 valence electrons. The van der Waals surface area contributed by atoms with Crippen molar-refractivity contribution in [1.82, 2.24) is 10.2 Å². The monoisotopic (exact) mass is 359 g/mol. The van der Waals surface area contributed by atoms with E-state index >= 15 is 0 Å². The van der Waals surface area contributed by atoms with Gasteiger partial charge in [-0.25, -0.2) is 0 Å². The molecule has 1 aromatic carbocycles. The molecule has 5 nitrogen and oxygen atoms in total. The fourth-order valence-electron chi connectivity index (χ4n) is 1.81. The highest BCUT2D eigenvalue weighted by Gasteiger charge is 2.15. The van der Waals surface area contributed by atoms with E-state index in [2.05, 4.69) is 10.6 Å². The molecule has 0 aliphatic carbocycles. The lowest BCUT2D eigenvalue weighted by Crippen LogP contribution is -2.43. The van der Waals surface area contributed by atoms with Crippen LogP contribution >= 0.6 is 23.2 Å². The second kappa shape index (κ2) is 9.11. The fraction of sp³-hybridized carbons (Fsp3) is 0.500. The van der Waals surface area contributed by atoms with Gasteiger partial charge in [0.2, 0.25) is 11.8 Å². The molecule has 1 atom stereocenters. The Morgan fingerprint density at radius 2 is 1.61 bits per heavy atom. The highest BCUT2D eigenvalue weighted by Crippen LogP contribution is 2.29. The number of carbonyl (C=O) groups is 2. The summed E-state index contributed by atoms with van der Waals surface area (Å²) in [5.41, 5.74) is 0.382. The number of para-hydroxylation sites is 1. The van der Waals surface area contributed by atoms with Gasteiger partial charge >= 0.3 is 0 Å². The Balaban J connectivity index is 2.49. The Bertz CT molecular complexity index is 544. The van der Waals surface area contributed by atoms with Crippen molar-refractivity contribution < 1.29 is 9.59 Å². The number of anilines is 1. The van der Waals surface area contributed by atoms with E-state index in [9.17, 15) is 9.59 Å². The molecule has 0 saturated heterocycles. The van der Waals surface area contributed by atoms with Gasteiger partial charge in [0.15, 0.2) is 0 Å². The molecule has 2 amide bonds. The van der Waals surface area contributed by atoms with Gasteiger partial charge in [-0.15, -0.1) is 0 Å². The van der Waals surface area contributed by atoms with Gasteiger partial charge in [0, 0.05) is 6.04 Å². The number of halogens is 2. The first-order chi connectivity index (χ1) is 10.7. The second-order valence-corrected chi connectivity index (χ2v) is 6.73. The number of amides is 2. The maximum Gasteiger partial charge on any atom is 0.238 e. The Morgan fingerprint density at radius 3 is 2.13 bits per heavy atom. The molecule has 0 aliphatic rings. The van der Waals surface area contributed by atoms with Crippen LogP contribution in [0.15, 0.2) is 18.2 Å². The van der Waals surface area contributed by atoms with Crippen molar-refractivity contribution in [2.45, 2.75) is 26.8 Å². The van der Waals surface area contributed by atoms with Crippen molar-refractivity contribution >= 4 is 40.7 Å². The summed E-state index contributed by atoms with van der Waals surface area (Å²) in [6, 6.07) is 5.08. The third-order valence-corrected chi connectivity index (χ3v) is 4.07. The third-order valence-electron chi connectivity index (χ3n) is 3.44. The molecule has 7 heteroatoms. The molecule has 0 unspecified atom stereocenters. The van der Waals surface area contributed by atoms with Crippen LogP contribution in [0.3, 0.4) is 0 Å². The van der Waals surface area contributed by atoms with Crippen LogP contribution in [0.5, 0.6) is 0 Å². The van der Waals surface area contributed by atoms with Gasteiger partial charge in [0.25, 0.3) is 0 Å². The van der Waals surface area contributed by atoms with E-state index in [0.29, 0.717) is 21.7 Å². The minimum atomic E-state index is -0.285. The Morgan fingerprint density at radius 1 is 1.09 bits per heavy atom. The normalized spacial score (nSPS) is 12.3. The van der Waals surface area contributed by atoms with Crippen molar-refractivity contribution in [3.8, 4) is 0 Å². The first kappa shape index (κ1) is 19.7. The topological polar surface area (TPSA) is 61.4 Å². The van der Waals surface area contributed by atoms with Crippen LogP contribution in [-0.2, 0) is 9.59 Å². The average Bonchev–Trinajstić information content (AvgIpc) is 2.42. The van der Waals surface area contributed by atoms with Gasteiger partial charge < -0.3 is 10.6 Å². The summed E-state index contributed by atoms with van der Waals surface area (Å²) >= 11 is 12.0. The molecule has 0 aromatic heterocycles. The molecule has 23 heavy (non-hydrogen) atoms. The molecule has 0 aliphatic heterocycles.